The summed E-state index contributed by atoms with van der Waals surface area (Å²) in [4.78, 5) is 19.8. The first-order valence-electron chi connectivity index (χ1n) is 9.62. The lowest BCUT2D eigenvalue weighted by Gasteiger charge is -2.42. The van der Waals surface area contributed by atoms with E-state index in [2.05, 4.69) is 15.4 Å². The third kappa shape index (κ3) is 2.85. The molecule has 0 aliphatic carbocycles. The van der Waals surface area contributed by atoms with Crippen LogP contribution in [-0.4, -0.2) is 76.5 Å². The lowest BCUT2D eigenvalue weighted by atomic mass is 9.96. The standard InChI is InChI=1S/C18H20F4N6O/c19-17(20)9-27(10-18(17,21)22)16(29)11-7-26(8-11)15-12-1-4-23-5-2-13(12)25-14-3-6-24-28(14)15/h3,6,11,23H,1-2,4-5,7-10H2. The van der Waals surface area contributed by atoms with Crippen LogP contribution in [0.3, 0.4) is 0 Å². The average Bonchev–Trinajstić information content (AvgIpc) is 3.05. The number of halogens is 4. The summed E-state index contributed by atoms with van der Waals surface area (Å²) >= 11 is 0. The first-order valence-corrected chi connectivity index (χ1v) is 9.62. The molecule has 1 amide bonds. The normalized spacial score (nSPS) is 23.7. The Morgan fingerprint density at radius 2 is 1.79 bits per heavy atom. The van der Waals surface area contributed by atoms with E-state index in [9.17, 15) is 22.4 Å². The van der Waals surface area contributed by atoms with Crippen molar-refractivity contribution < 1.29 is 22.4 Å². The number of nitrogens with one attached hydrogen (secondary N) is 1. The van der Waals surface area contributed by atoms with Crippen molar-refractivity contribution in [2.45, 2.75) is 24.7 Å². The Morgan fingerprint density at radius 1 is 1.10 bits per heavy atom. The van der Waals surface area contributed by atoms with Crippen LogP contribution in [0.25, 0.3) is 5.65 Å². The monoisotopic (exact) mass is 412 g/mol. The molecule has 0 aromatic carbocycles. The second kappa shape index (κ2) is 6.28. The number of alkyl halides is 4. The molecule has 3 aliphatic heterocycles. The summed E-state index contributed by atoms with van der Waals surface area (Å²) in [6.45, 7) is -0.272. The minimum absolute atomic E-state index is 0.283. The van der Waals surface area contributed by atoms with Gasteiger partial charge in [0.05, 0.1) is 30.9 Å². The number of nitrogens with zero attached hydrogens (tertiary/aromatic N) is 5. The van der Waals surface area contributed by atoms with Crippen molar-refractivity contribution in [3.8, 4) is 0 Å². The summed E-state index contributed by atoms with van der Waals surface area (Å²) < 4.78 is 55.5. The summed E-state index contributed by atoms with van der Waals surface area (Å²) in [5.41, 5.74) is 2.73. The van der Waals surface area contributed by atoms with E-state index in [4.69, 9.17) is 0 Å². The second-order valence-corrected chi connectivity index (χ2v) is 7.92. The van der Waals surface area contributed by atoms with Crippen molar-refractivity contribution in [1.29, 1.82) is 0 Å². The molecule has 2 saturated heterocycles. The Balaban J connectivity index is 1.38. The van der Waals surface area contributed by atoms with Gasteiger partial charge in [0.15, 0.2) is 5.65 Å². The highest BCUT2D eigenvalue weighted by Crippen LogP contribution is 2.42. The molecule has 0 bridgehead atoms. The third-order valence-corrected chi connectivity index (χ3v) is 5.94. The van der Waals surface area contributed by atoms with Crippen LogP contribution in [0.2, 0.25) is 0 Å². The molecule has 2 aromatic heterocycles. The maximum Gasteiger partial charge on any atom is 0.329 e. The first kappa shape index (κ1) is 18.6. The molecule has 0 radical (unpaired) electrons. The quantitative estimate of drug-likeness (QED) is 0.745. The number of rotatable bonds is 2. The Hall–Kier alpha value is -2.43. The summed E-state index contributed by atoms with van der Waals surface area (Å²) in [6.07, 6.45) is 3.19. The van der Waals surface area contributed by atoms with E-state index >= 15 is 0 Å². The predicted molar refractivity (Wildman–Crippen MR) is 95.4 cm³/mol. The van der Waals surface area contributed by atoms with Gasteiger partial charge in [0, 0.05) is 37.7 Å². The number of carbonyl (C=O) groups is 1. The number of hydrogen-bond acceptors (Lipinski definition) is 5. The van der Waals surface area contributed by atoms with Crippen molar-refractivity contribution in [3.63, 3.8) is 0 Å². The topological polar surface area (TPSA) is 65.8 Å². The highest BCUT2D eigenvalue weighted by atomic mass is 19.3. The van der Waals surface area contributed by atoms with Crippen molar-refractivity contribution in [1.82, 2.24) is 24.8 Å². The Bertz CT molecular complexity index is 955. The smallest absolute Gasteiger partial charge is 0.329 e. The van der Waals surface area contributed by atoms with Crippen molar-refractivity contribution in [2.24, 2.45) is 5.92 Å². The van der Waals surface area contributed by atoms with Crippen molar-refractivity contribution in [3.05, 3.63) is 23.5 Å². The molecule has 2 fully saturated rings. The van der Waals surface area contributed by atoms with Gasteiger partial charge in [-0.05, 0) is 13.0 Å². The van der Waals surface area contributed by atoms with Crippen LogP contribution in [0.5, 0.6) is 0 Å². The number of fused-ring (bicyclic) bond motifs is 2. The van der Waals surface area contributed by atoms with Gasteiger partial charge in [0.25, 0.3) is 0 Å². The molecule has 1 N–H and O–H groups in total. The summed E-state index contributed by atoms with van der Waals surface area (Å²) in [5, 5.41) is 7.68. The zero-order valence-electron chi connectivity index (χ0n) is 15.5. The fourth-order valence-corrected chi connectivity index (χ4v) is 4.33. The van der Waals surface area contributed by atoms with Gasteiger partial charge in [-0.3, -0.25) is 4.79 Å². The second-order valence-electron chi connectivity index (χ2n) is 7.92. The van der Waals surface area contributed by atoms with E-state index < -0.39 is 36.8 Å². The van der Waals surface area contributed by atoms with Gasteiger partial charge in [0.1, 0.15) is 5.82 Å². The predicted octanol–water partition coefficient (Wildman–Crippen LogP) is 0.966. The van der Waals surface area contributed by atoms with Crippen LogP contribution in [0.4, 0.5) is 23.4 Å². The van der Waals surface area contributed by atoms with Gasteiger partial charge >= 0.3 is 11.8 Å². The molecule has 0 saturated carbocycles. The average molecular weight is 412 g/mol. The minimum atomic E-state index is -4.18. The van der Waals surface area contributed by atoms with Gasteiger partial charge in [-0.15, -0.1) is 0 Å². The number of aromatic nitrogens is 3. The molecule has 11 heteroatoms. The van der Waals surface area contributed by atoms with Crippen molar-refractivity contribution >= 4 is 17.4 Å². The number of anilines is 1. The first-order chi connectivity index (χ1) is 13.8. The van der Waals surface area contributed by atoms with Gasteiger partial charge in [-0.25, -0.2) is 4.98 Å². The molecule has 3 aliphatic rings. The maximum atomic E-state index is 13.4. The Morgan fingerprint density at radius 3 is 2.52 bits per heavy atom. The lowest BCUT2D eigenvalue weighted by Crippen LogP contribution is -2.55. The van der Waals surface area contributed by atoms with Gasteiger partial charge < -0.3 is 15.1 Å². The van der Waals surface area contributed by atoms with Crippen LogP contribution < -0.4 is 10.2 Å². The van der Waals surface area contributed by atoms with E-state index in [1.807, 2.05) is 4.90 Å². The number of carbonyl (C=O) groups excluding carboxylic acids is 1. The number of amides is 1. The van der Waals surface area contributed by atoms with Crippen LogP contribution in [0, 0.1) is 5.92 Å². The molecular formula is C18H20F4N6O. The van der Waals surface area contributed by atoms with Crippen LogP contribution in [0.1, 0.15) is 11.3 Å². The molecule has 0 spiro atoms. The van der Waals surface area contributed by atoms with E-state index in [1.165, 1.54) is 0 Å². The molecule has 0 atom stereocenters. The van der Waals surface area contributed by atoms with Gasteiger partial charge in [-0.1, -0.05) is 0 Å². The minimum Gasteiger partial charge on any atom is -0.354 e. The molecule has 156 valence electrons. The highest BCUT2D eigenvalue weighted by molar-refractivity contribution is 5.83. The zero-order chi connectivity index (χ0) is 20.4. The summed E-state index contributed by atoms with van der Waals surface area (Å²) in [7, 11) is 0. The molecule has 2 aromatic rings. The van der Waals surface area contributed by atoms with E-state index in [-0.39, 0.29) is 13.1 Å². The summed E-state index contributed by atoms with van der Waals surface area (Å²) in [6, 6.07) is 1.80. The Kier molecular flexibility index (Phi) is 4.03. The summed E-state index contributed by atoms with van der Waals surface area (Å²) in [5.74, 6) is -8.74. The Labute approximate surface area is 163 Å². The van der Waals surface area contributed by atoms with E-state index in [0.29, 0.717) is 10.5 Å². The van der Waals surface area contributed by atoms with Gasteiger partial charge in [-0.2, -0.15) is 27.2 Å². The van der Waals surface area contributed by atoms with Crippen LogP contribution in [-0.2, 0) is 17.6 Å². The van der Waals surface area contributed by atoms with Crippen LogP contribution in [0.15, 0.2) is 12.3 Å². The lowest BCUT2D eigenvalue weighted by molar-refractivity contribution is -0.172. The third-order valence-electron chi connectivity index (χ3n) is 5.94. The number of hydrogen-bond donors (Lipinski definition) is 1. The fourth-order valence-electron chi connectivity index (χ4n) is 4.33. The molecule has 29 heavy (non-hydrogen) atoms. The van der Waals surface area contributed by atoms with Crippen molar-refractivity contribution in [2.75, 3.05) is 44.2 Å². The largest absolute Gasteiger partial charge is 0.354 e. The zero-order valence-corrected chi connectivity index (χ0v) is 15.5. The maximum absolute atomic E-state index is 13.4. The molecule has 7 nitrogen and oxygen atoms in total. The fraction of sp³-hybridized carbons (Fsp3) is 0.611. The molecule has 5 rings (SSSR count). The number of likely N-dealkylation sites (tertiary alicyclic amines) is 1. The van der Waals surface area contributed by atoms with E-state index in [1.54, 1.807) is 16.8 Å². The SMILES string of the molecule is O=C(C1CN(c2c3c(nc4ccnn24)CCNCC3)C1)N1CC(F)(F)C(F)(F)C1. The van der Waals surface area contributed by atoms with Crippen LogP contribution >= 0.6 is 0 Å². The van der Waals surface area contributed by atoms with Gasteiger partial charge in [0.2, 0.25) is 5.91 Å². The van der Waals surface area contributed by atoms with E-state index in [0.717, 1.165) is 43.0 Å². The molecular weight excluding hydrogens is 392 g/mol. The highest BCUT2D eigenvalue weighted by Gasteiger charge is 2.64. The molecule has 5 heterocycles. The molecule has 0 unspecified atom stereocenters.